The minimum Gasteiger partial charge on any atom is -0.495 e. The molecule has 0 heterocycles. The van der Waals surface area contributed by atoms with Crippen molar-refractivity contribution >= 4 is 55.1 Å². The number of aryl methyl sites for hydroxylation is 1. The topological polar surface area (TPSA) is 96.0 Å². The highest BCUT2D eigenvalue weighted by atomic mass is 79.9. The Morgan fingerprint density at radius 3 is 2.17 bits per heavy atom. The monoisotopic (exact) mass is 663 g/mol. The number of anilines is 1. The van der Waals surface area contributed by atoms with E-state index in [1.54, 1.807) is 25.1 Å². The summed E-state index contributed by atoms with van der Waals surface area (Å²) < 4.78 is 35.0. The van der Waals surface area contributed by atoms with E-state index < -0.39 is 34.1 Å². The molecule has 1 atom stereocenters. The summed E-state index contributed by atoms with van der Waals surface area (Å²) in [4.78, 5) is 28.6. The number of nitrogens with zero attached hydrogens (tertiary/aromatic N) is 2. The first-order valence-electron chi connectivity index (χ1n) is 12.9. The van der Waals surface area contributed by atoms with Crippen molar-refractivity contribution in [3.8, 4) is 5.75 Å². The van der Waals surface area contributed by atoms with Gasteiger partial charge in [-0.3, -0.25) is 13.9 Å². The number of sulfonamides is 1. The Balaban J connectivity index is 2.07. The molecule has 220 valence electrons. The average molecular weight is 665 g/mol. The van der Waals surface area contributed by atoms with Gasteiger partial charge in [-0.2, -0.15) is 0 Å². The number of carbonyl (C=O) groups is 2. The van der Waals surface area contributed by atoms with Crippen LogP contribution in [0.5, 0.6) is 5.75 Å². The number of hydrogen-bond donors (Lipinski definition) is 1. The number of rotatable bonds is 10. The van der Waals surface area contributed by atoms with E-state index >= 15 is 0 Å². The first-order valence-corrected chi connectivity index (χ1v) is 15.5. The Hall–Kier alpha value is -3.08. The summed E-state index contributed by atoms with van der Waals surface area (Å²) in [7, 11) is -2.76. The van der Waals surface area contributed by atoms with Gasteiger partial charge >= 0.3 is 0 Å². The van der Waals surface area contributed by atoms with Crippen LogP contribution in [0, 0.1) is 6.92 Å². The second-order valence-corrected chi connectivity index (χ2v) is 13.9. The lowest BCUT2D eigenvalue weighted by Gasteiger charge is -2.33. The summed E-state index contributed by atoms with van der Waals surface area (Å²) in [5.41, 5.74) is 1.31. The van der Waals surface area contributed by atoms with Crippen molar-refractivity contribution in [3.63, 3.8) is 0 Å². The van der Waals surface area contributed by atoms with Crippen molar-refractivity contribution in [2.45, 2.75) is 57.6 Å². The Labute approximate surface area is 255 Å². The van der Waals surface area contributed by atoms with Crippen LogP contribution in [-0.4, -0.2) is 50.4 Å². The second-order valence-electron chi connectivity index (χ2n) is 10.7. The average Bonchev–Trinajstić information content (AvgIpc) is 2.90. The van der Waals surface area contributed by atoms with Crippen LogP contribution in [0.1, 0.15) is 38.8 Å². The fourth-order valence-electron chi connectivity index (χ4n) is 4.02. The highest BCUT2D eigenvalue weighted by Gasteiger charge is 2.33. The van der Waals surface area contributed by atoms with Crippen LogP contribution in [0.15, 0.2) is 76.1 Å². The van der Waals surface area contributed by atoms with E-state index in [1.165, 1.54) is 36.3 Å². The van der Waals surface area contributed by atoms with Crippen molar-refractivity contribution in [1.29, 1.82) is 0 Å². The molecule has 0 bridgehead atoms. The molecule has 0 fully saturated rings. The van der Waals surface area contributed by atoms with Crippen LogP contribution in [0.4, 0.5) is 5.69 Å². The van der Waals surface area contributed by atoms with Gasteiger partial charge in [0.2, 0.25) is 11.8 Å². The number of benzene rings is 3. The van der Waals surface area contributed by atoms with Gasteiger partial charge in [-0.1, -0.05) is 57.4 Å². The Morgan fingerprint density at radius 2 is 1.63 bits per heavy atom. The Morgan fingerprint density at radius 1 is 1.02 bits per heavy atom. The smallest absolute Gasteiger partial charge is 0.264 e. The van der Waals surface area contributed by atoms with E-state index in [-0.39, 0.29) is 28.1 Å². The largest absolute Gasteiger partial charge is 0.495 e. The summed E-state index contributed by atoms with van der Waals surface area (Å²) in [6.07, 6.45) is 0. The molecule has 0 saturated carbocycles. The van der Waals surface area contributed by atoms with Gasteiger partial charge in [-0.25, -0.2) is 8.42 Å². The number of ether oxygens (including phenoxy) is 1. The number of amides is 2. The van der Waals surface area contributed by atoms with Crippen molar-refractivity contribution in [1.82, 2.24) is 10.2 Å². The van der Waals surface area contributed by atoms with Gasteiger partial charge in [0, 0.05) is 16.6 Å². The first-order chi connectivity index (χ1) is 19.1. The lowest BCUT2D eigenvalue weighted by atomic mass is 10.1. The highest BCUT2D eigenvalue weighted by molar-refractivity contribution is 9.10. The van der Waals surface area contributed by atoms with Gasteiger partial charge in [0.1, 0.15) is 18.3 Å². The number of halogens is 2. The Kier molecular flexibility index (Phi) is 10.5. The third kappa shape index (κ3) is 8.47. The lowest BCUT2D eigenvalue weighted by molar-refractivity contribution is -0.140. The number of carbonyl (C=O) groups excluding carboxylic acids is 2. The number of nitrogens with one attached hydrogen (secondary N) is 1. The van der Waals surface area contributed by atoms with Crippen molar-refractivity contribution in [2.24, 2.45) is 0 Å². The van der Waals surface area contributed by atoms with Gasteiger partial charge in [0.15, 0.2) is 0 Å². The summed E-state index contributed by atoms with van der Waals surface area (Å²) in [6, 6.07) is 17.3. The number of methoxy groups -OCH3 is 1. The van der Waals surface area contributed by atoms with Gasteiger partial charge < -0.3 is 15.0 Å². The van der Waals surface area contributed by atoms with E-state index in [2.05, 4.69) is 21.2 Å². The minimum atomic E-state index is -4.21. The molecule has 0 aliphatic rings. The lowest BCUT2D eigenvalue weighted by Crippen LogP contribution is -2.54. The summed E-state index contributed by atoms with van der Waals surface area (Å²) >= 11 is 9.78. The molecule has 0 aromatic heterocycles. The molecule has 11 heteroatoms. The zero-order valence-corrected chi connectivity index (χ0v) is 27.1. The van der Waals surface area contributed by atoms with Crippen LogP contribution in [-0.2, 0) is 26.2 Å². The van der Waals surface area contributed by atoms with E-state index in [0.29, 0.717) is 5.75 Å². The molecule has 3 aromatic carbocycles. The van der Waals surface area contributed by atoms with Crippen LogP contribution in [0.3, 0.4) is 0 Å². The fourth-order valence-corrected chi connectivity index (χ4v) is 5.94. The molecule has 0 aliphatic heterocycles. The van der Waals surface area contributed by atoms with Crippen LogP contribution in [0.2, 0.25) is 5.02 Å². The molecule has 1 N–H and O–H groups in total. The zero-order chi connectivity index (χ0) is 30.5. The molecule has 0 saturated heterocycles. The summed E-state index contributed by atoms with van der Waals surface area (Å²) in [5.74, 6) is -0.561. The maximum atomic E-state index is 14.0. The van der Waals surface area contributed by atoms with Gasteiger partial charge in [-0.05, 0) is 82.6 Å². The molecule has 0 radical (unpaired) electrons. The van der Waals surface area contributed by atoms with E-state index in [9.17, 15) is 18.0 Å². The standard InChI is InChI=1S/C30H35BrClN3O5S/c1-20-7-14-25(15-8-20)41(38,39)35(24-13-16-27(40-6)26(32)17-24)19-28(36)34(18-22-9-11-23(31)12-10-22)21(2)29(37)33-30(3,4)5/h7-17,21H,18-19H2,1-6H3,(H,33,37). The van der Waals surface area contributed by atoms with Gasteiger partial charge in [0.25, 0.3) is 10.0 Å². The molecule has 1 unspecified atom stereocenters. The SMILES string of the molecule is COc1ccc(N(CC(=O)N(Cc2ccc(Br)cc2)C(C)C(=O)NC(C)(C)C)S(=O)(=O)c2ccc(C)cc2)cc1Cl. The van der Waals surface area contributed by atoms with Crippen molar-refractivity contribution < 1.29 is 22.7 Å². The Bertz CT molecular complexity index is 1490. The van der Waals surface area contributed by atoms with E-state index in [4.69, 9.17) is 16.3 Å². The first kappa shape index (κ1) is 32.4. The maximum Gasteiger partial charge on any atom is 0.264 e. The predicted octanol–water partition coefficient (Wildman–Crippen LogP) is 5.95. The third-order valence-electron chi connectivity index (χ3n) is 6.24. The molecule has 3 aromatic rings. The predicted molar refractivity (Wildman–Crippen MR) is 166 cm³/mol. The molecule has 0 spiro atoms. The molecule has 2 amide bonds. The van der Waals surface area contributed by atoms with E-state index in [0.717, 1.165) is 19.9 Å². The fraction of sp³-hybridized carbons (Fsp3) is 0.333. The van der Waals surface area contributed by atoms with Crippen LogP contribution >= 0.6 is 27.5 Å². The molecule has 0 aliphatic carbocycles. The van der Waals surface area contributed by atoms with E-state index in [1.807, 2.05) is 52.0 Å². The normalized spacial score (nSPS) is 12.4. The highest BCUT2D eigenvalue weighted by Crippen LogP contribution is 2.32. The van der Waals surface area contributed by atoms with Crippen LogP contribution in [0.25, 0.3) is 0 Å². The molecular formula is C30H35BrClN3O5S. The molecule has 3 rings (SSSR count). The van der Waals surface area contributed by atoms with Crippen molar-refractivity contribution in [3.05, 3.63) is 87.4 Å². The quantitative estimate of drug-likeness (QED) is 0.289. The van der Waals surface area contributed by atoms with Crippen molar-refractivity contribution in [2.75, 3.05) is 18.0 Å². The molecule has 41 heavy (non-hydrogen) atoms. The second kappa shape index (κ2) is 13.3. The van der Waals surface area contributed by atoms with Crippen LogP contribution < -0.4 is 14.4 Å². The molecular weight excluding hydrogens is 630 g/mol. The summed E-state index contributed by atoms with van der Waals surface area (Å²) in [6.45, 7) is 8.55. The number of hydrogen-bond acceptors (Lipinski definition) is 5. The zero-order valence-electron chi connectivity index (χ0n) is 23.9. The third-order valence-corrected chi connectivity index (χ3v) is 8.85. The summed E-state index contributed by atoms with van der Waals surface area (Å²) in [5, 5.41) is 3.10. The minimum absolute atomic E-state index is 0.0147. The van der Waals surface area contributed by atoms with Gasteiger partial charge in [-0.15, -0.1) is 0 Å². The maximum absolute atomic E-state index is 14.0. The molecule has 8 nitrogen and oxygen atoms in total. The van der Waals surface area contributed by atoms with Gasteiger partial charge in [0.05, 0.1) is 22.7 Å².